The van der Waals surface area contributed by atoms with E-state index < -0.39 is 0 Å². The number of carbonyl (C=O) groups is 1. The number of nitrogens with one attached hydrogen (secondary N) is 1. The number of amides is 1. The maximum absolute atomic E-state index is 12.3. The molecule has 2 aromatic carbocycles. The van der Waals surface area contributed by atoms with E-state index in [0.29, 0.717) is 23.4 Å². The van der Waals surface area contributed by atoms with E-state index in [9.17, 15) is 4.79 Å². The first-order chi connectivity index (χ1) is 11.7. The lowest BCUT2D eigenvalue weighted by atomic mass is 10.1. The van der Waals surface area contributed by atoms with Gasteiger partial charge in [0.2, 0.25) is 0 Å². The van der Waals surface area contributed by atoms with Crippen molar-refractivity contribution in [1.82, 2.24) is 0 Å². The molecule has 0 aliphatic rings. The van der Waals surface area contributed by atoms with Gasteiger partial charge in [-0.25, -0.2) is 0 Å². The van der Waals surface area contributed by atoms with Crippen LogP contribution < -0.4 is 10.1 Å². The topological polar surface area (TPSA) is 62.1 Å². The molecular weight excluding hydrogens is 300 g/mol. The van der Waals surface area contributed by atoms with Crippen LogP contribution in [0.2, 0.25) is 0 Å². The van der Waals surface area contributed by atoms with Crippen LogP contribution >= 0.6 is 0 Å². The molecule has 2 rings (SSSR count). The molecule has 0 heterocycles. The largest absolute Gasteiger partial charge is 0.494 e. The number of rotatable bonds is 8. The lowest BCUT2D eigenvalue weighted by Crippen LogP contribution is -2.12. The first kappa shape index (κ1) is 17.6. The molecule has 0 unspecified atom stereocenters. The fourth-order valence-corrected chi connectivity index (χ4v) is 2.31. The summed E-state index contributed by atoms with van der Waals surface area (Å²) in [4.78, 5) is 12.3. The Morgan fingerprint density at radius 3 is 2.54 bits per heavy atom. The van der Waals surface area contributed by atoms with Gasteiger partial charge in [0.05, 0.1) is 17.9 Å². The molecule has 0 aliphatic heterocycles. The van der Waals surface area contributed by atoms with Crippen LogP contribution in [0.25, 0.3) is 0 Å². The molecule has 0 aromatic heterocycles. The molecule has 0 fully saturated rings. The van der Waals surface area contributed by atoms with E-state index in [2.05, 4.69) is 18.3 Å². The van der Waals surface area contributed by atoms with Gasteiger partial charge in [0, 0.05) is 5.56 Å². The van der Waals surface area contributed by atoms with Gasteiger partial charge in [-0.3, -0.25) is 4.79 Å². The van der Waals surface area contributed by atoms with Crippen LogP contribution in [0.5, 0.6) is 5.75 Å². The number of para-hydroxylation sites is 1. The summed E-state index contributed by atoms with van der Waals surface area (Å²) in [6.45, 7) is 2.88. The molecule has 1 N–H and O–H groups in total. The molecule has 0 saturated heterocycles. The first-order valence-electron chi connectivity index (χ1n) is 8.28. The number of hydrogen-bond donors (Lipinski definition) is 1. The Morgan fingerprint density at radius 1 is 1.08 bits per heavy atom. The number of hydrogen-bond acceptors (Lipinski definition) is 3. The van der Waals surface area contributed by atoms with E-state index in [1.54, 1.807) is 48.5 Å². The number of nitrogens with zero attached hydrogens (tertiary/aromatic N) is 1. The molecule has 0 atom stereocenters. The summed E-state index contributed by atoms with van der Waals surface area (Å²) >= 11 is 0. The standard InChI is InChI=1S/C20H22N2O2/c1-2-3-4-7-14-24-18-12-10-16(11-13-18)20(23)22-19-9-6-5-8-17(19)15-21/h5-6,8-13H,2-4,7,14H2,1H3,(H,22,23). The average molecular weight is 322 g/mol. The van der Waals surface area contributed by atoms with Crippen LogP contribution in [0.4, 0.5) is 5.69 Å². The molecule has 1 amide bonds. The monoisotopic (exact) mass is 322 g/mol. The van der Waals surface area contributed by atoms with Crippen molar-refractivity contribution in [2.24, 2.45) is 0 Å². The second-order valence-corrected chi connectivity index (χ2v) is 5.55. The smallest absolute Gasteiger partial charge is 0.255 e. The van der Waals surface area contributed by atoms with Gasteiger partial charge < -0.3 is 10.1 Å². The molecule has 0 spiro atoms. The van der Waals surface area contributed by atoms with Crippen molar-refractivity contribution in [2.75, 3.05) is 11.9 Å². The van der Waals surface area contributed by atoms with Crippen molar-refractivity contribution in [3.05, 3.63) is 59.7 Å². The minimum Gasteiger partial charge on any atom is -0.494 e. The van der Waals surface area contributed by atoms with Crippen molar-refractivity contribution < 1.29 is 9.53 Å². The summed E-state index contributed by atoms with van der Waals surface area (Å²) in [5.41, 5.74) is 1.49. The number of carbonyl (C=O) groups excluding carboxylic acids is 1. The van der Waals surface area contributed by atoms with Crippen molar-refractivity contribution in [1.29, 1.82) is 5.26 Å². The zero-order valence-corrected chi connectivity index (χ0v) is 13.9. The molecule has 4 nitrogen and oxygen atoms in total. The van der Waals surface area contributed by atoms with Gasteiger partial charge >= 0.3 is 0 Å². The van der Waals surface area contributed by atoms with E-state index in [-0.39, 0.29) is 5.91 Å². The fourth-order valence-electron chi connectivity index (χ4n) is 2.31. The highest BCUT2D eigenvalue weighted by Gasteiger charge is 2.09. The molecule has 0 bridgehead atoms. The van der Waals surface area contributed by atoms with Crippen LogP contribution in [0, 0.1) is 11.3 Å². The van der Waals surface area contributed by atoms with Crippen molar-refractivity contribution in [3.8, 4) is 11.8 Å². The highest BCUT2D eigenvalue weighted by molar-refractivity contribution is 6.04. The van der Waals surface area contributed by atoms with Crippen LogP contribution in [0.3, 0.4) is 0 Å². The first-order valence-corrected chi connectivity index (χ1v) is 8.28. The molecule has 0 saturated carbocycles. The van der Waals surface area contributed by atoms with Crippen molar-refractivity contribution in [3.63, 3.8) is 0 Å². The third-order valence-corrected chi connectivity index (χ3v) is 3.68. The minimum absolute atomic E-state index is 0.243. The highest BCUT2D eigenvalue weighted by atomic mass is 16.5. The van der Waals surface area contributed by atoms with Crippen molar-refractivity contribution in [2.45, 2.75) is 32.6 Å². The van der Waals surface area contributed by atoms with Gasteiger partial charge in [-0.05, 0) is 42.8 Å². The quantitative estimate of drug-likeness (QED) is 0.712. The van der Waals surface area contributed by atoms with E-state index in [4.69, 9.17) is 10.00 Å². The molecule has 0 radical (unpaired) electrons. The van der Waals surface area contributed by atoms with Crippen LogP contribution in [0.1, 0.15) is 48.5 Å². The van der Waals surface area contributed by atoms with Gasteiger partial charge in [-0.1, -0.05) is 38.3 Å². The fraction of sp³-hybridized carbons (Fsp3) is 0.300. The predicted molar refractivity (Wildman–Crippen MR) is 95.2 cm³/mol. The normalized spacial score (nSPS) is 10.0. The molecular formula is C20H22N2O2. The van der Waals surface area contributed by atoms with Crippen LogP contribution in [-0.2, 0) is 0 Å². The van der Waals surface area contributed by atoms with Crippen LogP contribution in [-0.4, -0.2) is 12.5 Å². The lowest BCUT2D eigenvalue weighted by molar-refractivity contribution is 0.102. The summed E-state index contributed by atoms with van der Waals surface area (Å²) < 4.78 is 5.67. The second kappa shape index (κ2) is 9.36. The zero-order chi connectivity index (χ0) is 17.2. The highest BCUT2D eigenvalue weighted by Crippen LogP contribution is 2.17. The minimum atomic E-state index is -0.243. The van der Waals surface area contributed by atoms with E-state index >= 15 is 0 Å². The Balaban J connectivity index is 1.90. The van der Waals surface area contributed by atoms with Gasteiger partial charge in [-0.15, -0.1) is 0 Å². The maximum Gasteiger partial charge on any atom is 0.255 e. The summed E-state index contributed by atoms with van der Waals surface area (Å²) in [5.74, 6) is 0.521. The lowest BCUT2D eigenvalue weighted by Gasteiger charge is -2.09. The molecule has 24 heavy (non-hydrogen) atoms. The summed E-state index contributed by atoms with van der Waals surface area (Å²) in [6.07, 6.45) is 4.65. The van der Waals surface area contributed by atoms with Gasteiger partial charge in [-0.2, -0.15) is 5.26 Å². The molecule has 2 aromatic rings. The molecule has 0 aliphatic carbocycles. The van der Waals surface area contributed by atoms with Crippen molar-refractivity contribution >= 4 is 11.6 Å². The third-order valence-electron chi connectivity index (χ3n) is 3.68. The van der Waals surface area contributed by atoms with Gasteiger partial charge in [0.1, 0.15) is 11.8 Å². The number of anilines is 1. The van der Waals surface area contributed by atoms with Gasteiger partial charge in [0.25, 0.3) is 5.91 Å². The Labute approximate surface area is 143 Å². The number of nitriles is 1. The average Bonchev–Trinajstić information content (AvgIpc) is 2.62. The Bertz CT molecular complexity index is 702. The van der Waals surface area contributed by atoms with E-state index in [1.807, 2.05) is 0 Å². The number of unbranched alkanes of at least 4 members (excludes halogenated alkanes) is 3. The SMILES string of the molecule is CCCCCCOc1ccc(C(=O)Nc2ccccc2C#N)cc1. The third kappa shape index (κ3) is 5.13. The summed E-state index contributed by atoms with van der Waals surface area (Å²) in [7, 11) is 0. The van der Waals surface area contributed by atoms with Gasteiger partial charge in [0.15, 0.2) is 0 Å². The zero-order valence-electron chi connectivity index (χ0n) is 13.9. The maximum atomic E-state index is 12.3. The Hall–Kier alpha value is -2.80. The van der Waals surface area contributed by atoms with Crippen LogP contribution in [0.15, 0.2) is 48.5 Å². The summed E-state index contributed by atoms with van der Waals surface area (Å²) in [5, 5.41) is 11.8. The second-order valence-electron chi connectivity index (χ2n) is 5.55. The molecule has 4 heteroatoms. The number of benzene rings is 2. The Kier molecular flexibility index (Phi) is 6.85. The summed E-state index contributed by atoms with van der Waals surface area (Å²) in [6, 6.07) is 16.0. The molecule has 124 valence electrons. The predicted octanol–water partition coefficient (Wildman–Crippen LogP) is 4.77. The van der Waals surface area contributed by atoms with E-state index in [0.717, 1.165) is 12.2 Å². The van der Waals surface area contributed by atoms with E-state index in [1.165, 1.54) is 19.3 Å². The Morgan fingerprint density at radius 2 is 1.83 bits per heavy atom. The number of ether oxygens (including phenoxy) is 1.